The lowest BCUT2D eigenvalue weighted by Crippen LogP contribution is -2.32. The number of nitrogens with zero attached hydrogens (tertiary/aromatic N) is 1. The summed E-state index contributed by atoms with van der Waals surface area (Å²) >= 11 is 0. The van der Waals surface area contributed by atoms with E-state index in [9.17, 15) is 0 Å². The van der Waals surface area contributed by atoms with Crippen LogP contribution in [0.15, 0.2) is 168 Å². The van der Waals surface area contributed by atoms with E-state index >= 15 is 0 Å². The summed E-state index contributed by atoms with van der Waals surface area (Å²) in [6.07, 6.45) is 0. The topological polar surface area (TPSA) is 27.3 Å². The summed E-state index contributed by atoms with van der Waals surface area (Å²) < 4.78 is 16.0. The molecule has 3 heteroatoms. The van der Waals surface area contributed by atoms with Crippen LogP contribution in [0.25, 0.3) is 71.3 Å². The molecule has 50 heavy (non-hydrogen) atoms. The second-order valence-electron chi connectivity index (χ2n) is 13.6. The van der Waals surface area contributed by atoms with Gasteiger partial charge in [-0.3, -0.25) is 0 Å². The minimum absolute atomic E-state index is 0.542. The second-order valence-corrected chi connectivity index (χ2v) is 13.6. The van der Waals surface area contributed by atoms with Crippen LogP contribution in [0.2, 0.25) is 0 Å². The predicted octanol–water partition coefficient (Wildman–Crippen LogP) is 12.3. The molecule has 1 spiro atoms. The van der Waals surface area contributed by atoms with E-state index in [2.05, 4.69) is 156 Å². The third-order valence-corrected chi connectivity index (χ3v) is 11.2. The highest BCUT2D eigenvalue weighted by atomic mass is 16.5. The Kier molecular flexibility index (Phi) is 4.91. The number of benzene rings is 8. The van der Waals surface area contributed by atoms with Gasteiger partial charge in [0.15, 0.2) is 5.75 Å². The van der Waals surface area contributed by atoms with Crippen LogP contribution < -0.4 is 4.74 Å². The number of fused-ring (bicyclic) bond motifs is 18. The highest BCUT2D eigenvalue weighted by Gasteiger charge is 2.51. The lowest BCUT2D eigenvalue weighted by atomic mass is 9.66. The van der Waals surface area contributed by atoms with Crippen LogP contribution in [-0.2, 0) is 5.41 Å². The molecule has 0 saturated carbocycles. The molecule has 8 aromatic carbocycles. The highest BCUT2D eigenvalue weighted by molar-refractivity contribution is 6.20. The van der Waals surface area contributed by atoms with E-state index in [0.29, 0.717) is 0 Å². The lowest BCUT2D eigenvalue weighted by molar-refractivity contribution is 0.440. The zero-order valence-corrected chi connectivity index (χ0v) is 26.9. The van der Waals surface area contributed by atoms with Crippen molar-refractivity contribution in [3.63, 3.8) is 0 Å². The first-order valence-electron chi connectivity index (χ1n) is 17.2. The van der Waals surface area contributed by atoms with Gasteiger partial charge < -0.3 is 13.7 Å². The summed E-state index contributed by atoms with van der Waals surface area (Å²) in [7, 11) is 0. The number of rotatable bonds is 1. The maximum absolute atomic E-state index is 7.21. The number of aromatic nitrogens is 1. The SMILES string of the molecule is c1ccc2c(c1)Oc1c(ccc3c4ccc5ccccc5c4n(-c4ccc5oc6ccccc6c5c4)c13)C21c2ccccc2-c2ccccc21. The molecule has 232 valence electrons. The number of furan rings is 1. The minimum atomic E-state index is -0.542. The first-order chi connectivity index (χ1) is 24.8. The van der Waals surface area contributed by atoms with E-state index in [1.165, 1.54) is 49.5 Å². The molecule has 0 atom stereocenters. The number of hydrogen-bond acceptors (Lipinski definition) is 2. The van der Waals surface area contributed by atoms with Crippen LogP contribution in [0.5, 0.6) is 11.5 Å². The van der Waals surface area contributed by atoms with Gasteiger partial charge in [0.2, 0.25) is 0 Å². The summed E-state index contributed by atoms with van der Waals surface area (Å²) in [5.41, 5.74) is 12.0. The van der Waals surface area contributed by atoms with E-state index in [1.54, 1.807) is 0 Å². The van der Waals surface area contributed by atoms with Crippen molar-refractivity contribution in [1.29, 1.82) is 0 Å². The molecule has 0 fully saturated rings. The van der Waals surface area contributed by atoms with Gasteiger partial charge in [0.1, 0.15) is 16.9 Å². The van der Waals surface area contributed by atoms with Crippen LogP contribution in [0, 0.1) is 0 Å². The van der Waals surface area contributed by atoms with Gasteiger partial charge in [0.05, 0.1) is 16.4 Å². The largest absolute Gasteiger partial charge is 0.456 e. The molecule has 3 heterocycles. The molecule has 0 N–H and O–H groups in total. The van der Waals surface area contributed by atoms with E-state index in [1.807, 2.05) is 12.1 Å². The van der Waals surface area contributed by atoms with Crippen molar-refractivity contribution in [1.82, 2.24) is 4.57 Å². The average molecular weight is 638 g/mol. The van der Waals surface area contributed by atoms with Gasteiger partial charge in [-0.15, -0.1) is 0 Å². The third-order valence-electron chi connectivity index (χ3n) is 11.2. The summed E-state index contributed by atoms with van der Waals surface area (Å²) in [5, 5.41) is 6.97. The van der Waals surface area contributed by atoms with Gasteiger partial charge in [-0.25, -0.2) is 0 Å². The summed E-state index contributed by atoms with van der Waals surface area (Å²) in [6, 6.07) is 59.2. The Hall–Kier alpha value is -6.58. The Morgan fingerprint density at radius 2 is 1.06 bits per heavy atom. The first kappa shape index (κ1) is 26.4. The lowest BCUT2D eigenvalue weighted by Gasteiger charge is -2.39. The van der Waals surface area contributed by atoms with Gasteiger partial charge >= 0.3 is 0 Å². The molecule has 0 radical (unpaired) electrons. The molecular weight excluding hydrogens is 611 g/mol. The van der Waals surface area contributed by atoms with Gasteiger partial charge in [0.25, 0.3) is 0 Å². The van der Waals surface area contributed by atoms with Crippen LogP contribution in [0.3, 0.4) is 0 Å². The Labute approximate surface area is 287 Å². The van der Waals surface area contributed by atoms with Gasteiger partial charge in [-0.05, 0) is 58.0 Å². The average Bonchev–Trinajstić information content (AvgIpc) is 3.82. The van der Waals surface area contributed by atoms with Crippen molar-refractivity contribution in [2.24, 2.45) is 0 Å². The molecule has 0 bridgehead atoms. The highest BCUT2D eigenvalue weighted by Crippen LogP contribution is 2.63. The molecule has 0 amide bonds. The fraction of sp³-hybridized carbons (Fsp3) is 0.0213. The quantitative estimate of drug-likeness (QED) is 0.179. The van der Waals surface area contributed by atoms with Crippen molar-refractivity contribution < 1.29 is 9.15 Å². The smallest absolute Gasteiger partial charge is 0.156 e. The first-order valence-corrected chi connectivity index (χ1v) is 17.2. The van der Waals surface area contributed by atoms with Crippen molar-refractivity contribution in [3.05, 3.63) is 186 Å². The molecule has 10 aromatic rings. The fourth-order valence-electron chi connectivity index (χ4n) is 9.28. The number of ether oxygens (including phenoxy) is 1. The number of para-hydroxylation sites is 2. The fourth-order valence-corrected chi connectivity index (χ4v) is 9.28. The molecule has 12 rings (SSSR count). The minimum Gasteiger partial charge on any atom is -0.456 e. The van der Waals surface area contributed by atoms with Gasteiger partial charge in [-0.1, -0.05) is 133 Å². The zero-order chi connectivity index (χ0) is 32.6. The molecule has 2 aromatic heterocycles. The Morgan fingerprint density at radius 3 is 1.90 bits per heavy atom. The van der Waals surface area contributed by atoms with Gasteiger partial charge in [-0.2, -0.15) is 0 Å². The van der Waals surface area contributed by atoms with Crippen LogP contribution in [0.1, 0.15) is 22.3 Å². The third kappa shape index (κ3) is 3.11. The van der Waals surface area contributed by atoms with Crippen molar-refractivity contribution in [2.75, 3.05) is 0 Å². The Balaban J connectivity index is 1.29. The summed E-state index contributed by atoms with van der Waals surface area (Å²) in [4.78, 5) is 0. The monoisotopic (exact) mass is 637 g/mol. The summed E-state index contributed by atoms with van der Waals surface area (Å²) in [6.45, 7) is 0. The van der Waals surface area contributed by atoms with E-state index in [4.69, 9.17) is 9.15 Å². The molecule has 1 aliphatic heterocycles. The molecule has 0 saturated heterocycles. The molecular formula is C47H27NO2. The molecule has 0 unspecified atom stereocenters. The van der Waals surface area contributed by atoms with E-state index in [0.717, 1.165) is 55.6 Å². The van der Waals surface area contributed by atoms with Crippen LogP contribution in [-0.4, -0.2) is 4.57 Å². The maximum atomic E-state index is 7.21. The summed E-state index contributed by atoms with van der Waals surface area (Å²) in [5.74, 6) is 1.78. The van der Waals surface area contributed by atoms with Crippen molar-refractivity contribution in [2.45, 2.75) is 5.41 Å². The Morgan fingerprint density at radius 1 is 0.420 bits per heavy atom. The predicted molar refractivity (Wildman–Crippen MR) is 203 cm³/mol. The molecule has 3 nitrogen and oxygen atoms in total. The van der Waals surface area contributed by atoms with Crippen LogP contribution >= 0.6 is 0 Å². The second kappa shape index (κ2) is 9.31. The van der Waals surface area contributed by atoms with Crippen molar-refractivity contribution >= 4 is 54.5 Å². The van der Waals surface area contributed by atoms with Crippen LogP contribution in [0.4, 0.5) is 0 Å². The maximum Gasteiger partial charge on any atom is 0.156 e. The molecule has 1 aliphatic carbocycles. The number of hydrogen-bond donors (Lipinski definition) is 0. The Bertz CT molecular complexity index is 3040. The van der Waals surface area contributed by atoms with Crippen molar-refractivity contribution in [3.8, 4) is 28.3 Å². The van der Waals surface area contributed by atoms with Gasteiger partial charge in [0, 0.05) is 43.7 Å². The normalized spacial score (nSPS) is 13.9. The molecule has 2 aliphatic rings. The zero-order valence-electron chi connectivity index (χ0n) is 26.9. The standard InChI is InChI=1S/C47H27NO2/c1-2-12-30-28(11-1)21-23-34-35-24-25-40-46(45(35)48(44(30)34)29-22-26-42-36(27-29)33-15-5-9-19-41(33)49-42)50-43-20-10-8-18-39(43)47(40)37-16-6-3-13-31(37)32-14-4-7-17-38(32)47/h1-27H. The van der Waals surface area contributed by atoms with E-state index < -0.39 is 5.41 Å². The van der Waals surface area contributed by atoms with E-state index in [-0.39, 0.29) is 0 Å².